The van der Waals surface area contributed by atoms with Crippen molar-refractivity contribution in [3.05, 3.63) is 23.8 Å². The van der Waals surface area contributed by atoms with Gasteiger partial charge in [0.05, 0.1) is 25.3 Å². The van der Waals surface area contributed by atoms with Gasteiger partial charge in [-0.05, 0) is 25.0 Å². The Balaban J connectivity index is 2.07. The second-order valence-corrected chi connectivity index (χ2v) is 5.31. The first-order valence-corrected chi connectivity index (χ1v) is 7.12. The highest BCUT2D eigenvalue weighted by Gasteiger charge is 2.36. The Hall–Kier alpha value is -1.21. The fourth-order valence-electron chi connectivity index (χ4n) is 2.08. The summed E-state index contributed by atoms with van der Waals surface area (Å²) in [6, 6.07) is 7.35. The third kappa shape index (κ3) is 2.62. The second-order valence-electron chi connectivity index (χ2n) is 4.75. The molecule has 1 aliphatic carbocycles. The van der Waals surface area contributed by atoms with E-state index in [1.165, 1.54) is 19.3 Å². The fourth-order valence-corrected chi connectivity index (χ4v) is 2.80. The predicted molar refractivity (Wildman–Crippen MR) is 73.3 cm³/mol. The first-order valence-electron chi connectivity index (χ1n) is 6.00. The number of nitriles is 1. The van der Waals surface area contributed by atoms with E-state index in [1.807, 2.05) is 0 Å². The summed E-state index contributed by atoms with van der Waals surface area (Å²) in [5, 5.41) is 9.81. The summed E-state index contributed by atoms with van der Waals surface area (Å²) >= 11 is 3.56. The Morgan fingerprint density at radius 2 is 2.17 bits per heavy atom. The Morgan fingerprint density at radius 1 is 1.39 bits per heavy atom. The van der Waals surface area contributed by atoms with Gasteiger partial charge in [-0.3, -0.25) is 0 Å². The van der Waals surface area contributed by atoms with Crippen LogP contribution >= 0.6 is 15.9 Å². The number of halogens is 1. The maximum Gasteiger partial charge on any atom is 0.162 e. The highest BCUT2D eigenvalue weighted by molar-refractivity contribution is 9.09. The quantitative estimate of drug-likeness (QED) is 0.782. The molecule has 4 heteroatoms. The Labute approximate surface area is 116 Å². The average Bonchev–Trinajstić information content (AvgIpc) is 2.38. The maximum absolute atomic E-state index is 8.84. The van der Waals surface area contributed by atoms with E-state index in [1.54, 1.807) is 25.3 Å². The molecule has 1 fully saturated rings. The molecule has 0 spiro atoms. The van der Waals surface area contributed by atoms with Crippen molar-refractivity contribution in [2.45, 2.75) is 19.3 Å². The smallest absolute Gasteiger partial charge is 0.162 e. The summed E-state index contributed by atoms with van der Waals surface area (Å²) in [5.41, 5.74) is 0.858. The third-order valence-electron chi connectivity index (χ3n) is 3.52. The van der Waals surface area contributed by atoms with Crippen LogP contribution < -0.4 is 9.47 Å². The molecule has 18 heavy (non-hydrogen) atoms. The molecule has 1 aromatic carbocycles. The first kappa shape index (κ1) is 13.2. The molecule has 96 valence electrons. The van der Waals surface area contributed by atoms with Crippen molar-refractivity contribution >= 4 is 15.9 Å². The Kier molecular flexibility index (Phi) is 4.13. The molecule has 0 bridgehead atoms. The van der Waals surface area contributed by atoms with Gasteiger partial charge >= 0.3 is 0 Å². The van der Waals surface area contributed by atoms with Crippen LogP contribution in [0.2, 0.25) is 0 Å². The Morgan fingerprint density at radius 3 is 2.67 bits per heavy atom. The molecule has 2 rings (SSSR count). The molecule has 0 aromatic heterocycles. The molecule has 0 atom stereocenters. The summed E-state index contributed by atoms with van der Waals surface area (Å²) < 4.78 is 11.1. The molecule has 0 saturated heterocycles. The van der Waals surface area contributed by atoms with Crippen LogP contribution in [0.1, 0.15) is 24.8 Å². The zero-order valence-electron chi connectivity index (χ0n) is 10.4. The van der Waals surface area contributed by atoms with E-state index < -0.39 is 0 Å². The molecule has 1 aliphatic rings. The monoisotopic (exact) mass is 309 g/mol. The van der Waals surface area contributed by atoms with Gasteiger partial charge in [0.2, 0.25) is 0 Å². The molecular weight excluding hydrogens is 294 g/mol. The summed E-state index contributed by atoms with van der Waals surface area (Å²) in [5.74, 6) is 1.34. The van der Waals surface area contributed by atoms with E-state index in [9.17, 15) is 0 Å². The number of alkyl halides is 1. The zero-order valence-corrected chi connectivity index (χ0v) is 12.0. The van der Waals surface area contributed by atoms with Crippen molar-refractivity contribution in [3.63, 3.8) is 0 Å². The molecule has 0 amide bonds. The lowest BCUT2D eigenvalue weighted by Crippen LogP contribution is -2.37. The molecule has 0 aliphatic heterocycles. The summed E-state index contributed by atoms with van der Waals surface area (Å²) in [4.78, 5) is 0. The van der Waals surface area contributed by atoms with Crippen LogP contribution in [0.15, 0.2) is 18.2 Å². The second kappa shape index (κ2) is 5.62. The molecule has 0 heterocycles. The van der Waals surface area contributed by atoms with Gasteiger partial charge < -0.3 is 9.47 Å². The van der Waals surface area contributed by atoms with Gasteiger partial charge in [-0.15, -0.1) is 0 Å². The van der Waals surface area contributed by atoms with Gasteiger partial charge in [0.1, 0.15) is 0 Å². The van der Waals surface area contributed by atoms with Crippen molar-refractivity contribution in [1.82, 2.24) is 0 Å². The minimum atomic E-state index is 0.277. The predicted octanol–water partition coefficient (Wildman–Crippen LogP) is 3.51. The third-order valence-corrected chi connectivity index (χ3v) is 4.71. The zero-order chi connectivity index (χ0) is 13.0. The van der Waals surface area contributed by atoms with E-state index in [0.717, 1.165) is 5.33 Å². The molecule has 0 N–H and O–H groups in total. The molecule has 1 aromatic rings. The van der Waals surface area contributed by atoms with Crippen molar-refractivity contribution in [2.24, 2.45) is 5.41 Å². The number of methoxy groups -OCH3 is 1. The molecule has 3 nitrogen and oxygen atoms in total. The van der Waals surface area contributed by atoms with Crippen molar-refractivity contribution < 1.29 is 9.47 Å². The van der Waals surface area contributed by atoms with Crippen molar-refractivity contribution in [3.8, 4) is 17.6 Å². The van der Waals surface area contributed by atoms with E-state index in [2.05, 4.69) is 22.0 Å². The minimum Gasteiger partial charge on any atom is -0.493 e. The number of hydrogen-bond donors (Lipinski definition) is 0. The van der Waals surface area contributed by atoms with Gasteiger partial charge in [0.15, 0.2) is 11.5 Å². The van der Waals surface area contributed by atoms with Crippen LogP contribution in [-0.2, 0) is 0 Å². The van der Waals surface area contributed by atoms with Gasteiger partial charge in [-0.2, -0.15) is 5.26 Å². The SMILES string of the molecule is COc1cc(C#N)ccc1OCC1(CBr)CCC1. The van der Waals surface area contributed by atoms with Crippen molar-refractivity contribution in [2.75, 3.05) is 19.0 Å². The standard InChI is InChI=1S/C14H16BrNO2/c1-17-13-7-11(8-16)3-4-12(13)18-10-14(9-15)5-2-6-14/h3-4,7H,2,5-6,9-10H2,1H3. The summed E-state index contributed by atoms with van der Waals surface area (Å²) in [6.45, 7) is 0.695. The van der Waals surface area contributed by atoms with E-state index in [0.29, 0.717) is 23.7 Å². The van der Waals surface area contributed by atoms with Crippen LogP contribution in [-0.4, -0.2) is 19.0 Å². The topological polar surface area (TPSA) is 42.2 Å². The van der Waals surface area contributed by atoms with Crippen LogP contribution in [0.4, 0.5) is 0 Å². The average molecular weight is 310 g/mol. The first-order chi connectivity index (χ1) is 8.73. The molecule has 1 saturated carbocycles. The van der Waals surface area contributed by atoms with Crippen LogP contribution in [0.5, 0.6) is 11.5 Å². The maximum atomic E-state index is 8.84. The lowest BCUT2D eigenvalue weighted by molar-refractivity contribution is 0.0820. The van der Waals surface area contributed by atoms with Crippen LogP contribution in [0.25, 0.3) is 0 Å². The molecule has 0 unspecified atom stereocenters. The number of hydrogen-bond acceptors (Lipinski definition) is 3. The summed E-state index contributed by atoms with van der Waals surface area (Å²) in [6.07, 6.45) is 3.69. The Bertz CT molecular complexity index is 458. The highest BCUT2D eigenvalue weighted by Crippen LogP contribution is 2.43. The van der Waals surface area contributed by atoms with Gasteiger partial charge in [-0.25, -0.2) is 0 Å². The highest BCUT2D eigenvalue weighted by atomic mass is 79.9. The number of benzene rings is 1. The van der Waals surface area contributed by atoms with Crippen molar-refractivity contribution in [1.29, 1.82) is 5.26 Å². The van der Waals surface area contributed by atoms with E-state index in [-0.39, 0.29) is 5.41 Å². The van der Waals surface area contributed by atoms with E-state index in [4.69, 9.17) is 14.7 Å². The van der Waals surface area contributed by atoms with Crippen LogP contribution in [0.3, 0.4) is 0 Å². The largest absolute Gasteiger partial charge is 0.493 e. The minimum absolute atomic E-state index is 0.277. The fraction of sp³-hybridized carbons (Fsp3) is 0.500. The lowest BCUT2D eigenvalue weighted by atomic mass is 9.71. The molecular formula is C14H16BrNO2. The van der Waals surface area contributed by atoms with Gasteiger partial charge in [0.25, 0.3) is 0 Å². The van der Waals surface area contributed by atoms with E-state index >= 15 is 0 Å². The number of ether oxygens (including phenoxy) is 2. The lowest BCUT2D eigenvalue weighted by Gasteiger charge is -2.40. The van der Waals surface area contributed by atoms with Gasteiger partial charge in [0, 0.05) is 16.8 Å². The normalized spacial score (nSPS) is 16.5. The molecule has 0 radical (unpaired) electrons. The van der Waals surface area contributed by atoms with Crippen LogP contribution in [0, 0.1) is 16.7 Å². The number of nitrogens with zero attached hydrogens (tertiary/aromatic N) is 1. The van der Waals surface area contributed by atoms with Gasteiger partial charge in [-0.1, -0.05) is 22.4 Å². The summed E-state index contributed by atoms with van der Waals surface area (Å²) in [7, 11) is 1.59. The number of rotatable bonds is 5.